The van der Waals surface area contributed by atoms with Gasteiger partial charge >= 0.3 is 6.09 Å². The fraction of sp³-hybridized carbons (Fsp3) is 0.375. The van der Waals surface area contributed by atoms with Crippen LogP contribution in [0.2, 0.25) is 5.02 Å². The van der Waals surface area contributed by atoms with Crippen LogP contribution in [0, 0.1) is 0 Å². The molecule has 0 bridgehead atoms. The first-order chi connectivity index (χ1) is 16.0. The summed E-state index contributed by atoms with van der Waals surface area (Å²) in [6.45, 7) is 3.16. The zero-order valence-corrected chi connectivity index (χ0v) is 19.2. The molecule has 9 heteroatoms. The van der Waals surface area contributed by atoms with Gasteiger partial charge in [-0.05, 0) is 36.2 Å². The number of carbonyl (C=O) groups is 3. The maximum atomic E-state index is 12.4. The number of carbonyl (C=O) groups excluding carboxylic acids is 3. The van der Waals surface area contributed by atoms with Crippen molar-refractivity contribution in [2.75, 3.05) is 44.2 Å². The van der Waals surface area contributed by atoms with Gasteiger partial charge in [0.2, 0.25) is 11.8 Å². The average molecular weight is 473 g/mol. The fourth-order valence-corrected chi connectivity index (χ4v) is 3.58. The Labute approximate surface area is 198 Å². The Morgan fingerprint density at radius 1 is 0.909 bits per heavy atom. The van der Waals surface area contributed by atoms with Crippen molar-refractivity contribution in [2.24, 2.45) is 0 Å². The van der Waals surface area contributed by atoms with Crippen molar-refractivity contribution in [2.45, 2.75) is 19.4 Å². The molecule has 2 aromatic carbocycles. The molecule has 0 spiro atoms. The number of anilines is 1. The first kappa shape index (κ1) is 24.4. The zero-order chi connectivity index (χ0) is 23.5. The van der Waals surface area contributed by atoms with E-state index in [0.29, 0.717) is 31.1 Å². The summed E-state index contributed by atoms with van der Waals surface area (Å²) in [6, 6.07) is 17.0. The van der Waals surface area contributed by atoms with Crippen LogP contribution in [0.3, 0.4) is 0 Å². The van der Waals surface area contributed by atoms with Gasteiger partial charge in [0, 0.05) is 49.9 Å². The van der Waals surface area contributed by atoms with Crippen molar-refractivity contribution in [3.8, 4) is 0 Å². The molecule has 0 aliphatic carbocycles. The standard InChI is InChI=1S/C24H29ClN4O4/c25-20-8-10-21(11-9-20)28-13-15-29(16-14-28)23(31)17-27-22(30)7-4-12-26-24(32)33-18-19-5-2-1-3-6-19/h1-3,5-6,8-11H,4,7,12-18H2,(H,26,32)(H,27,30). The minimum Gasteiger partial charge on any atom is -0.445 e. The minimum absolute atomic E-state index is 0.0215. The summed E-state index contributed by atoms with van der Waals surface area (Å²) in [5.74, 6) is -0.315. The molecule has 2 aromatic rings. The molecule has 33 heavy (non-hydrogen) atoms. The lowest BCUT2D eigenvalue weighted by Crippen LogP contribution is -2.51. The van der Waals surface area contributed by atoms with Crippen LogP contribution < -0.4 is 15.5 Å². The molecule has 8 nitrogen and oxygen atoms in total. The van der Waals surface area contributed by atoms with E-state index in [-0.39, 0.29) is 31.4 Å². The highest BCUT2D eigenvalue weighted by molar-refractivity contribution is 6.30. The van der Waals surface area contributed by atoms with Crippen LogP contribution in [-0.2, 0) is 20.9 Å². The summed E-state index contributed by atoms with van der Waals surface area (Å²) in [7, 11) is 0. The number of hydrogen-bond donors (Lipinski definition) is 2. The molecule has 0 radical (unpaired) electrons. The number of hydrogen-bond acceptors (Lipinski definition) is 5. The molecule has 1 fully saturated rings. The predicted octanol–water partition coefficient (Wildman–Crippen LogP) is 2.81. The quantitative estimate of drug-likeness (QED) is 0.548. The number of amides is 3. The number of alkyl carbamates (subject to hydrolysis) is 1. The lowest BCUT2D eigenvalue weighted by atomic mass is 10.2. The number of nitrogens with zero attached hydrogens (tertiary/aromatic N) is 2. The summed E-state index contributed by atoms with van der Waals surface area (Å²) < 4.78 is 5.11. The molecular weight excluding hydrogens is 444 g/mol. The number of piperazine rings is 1. The SMILES string of the molecule is O=C(CCCNC(=O)OCc1ccccc1)NCC(=O)N1CCN(c2ccc(Cl)cc2)CC1. The van der Waals surface area contributed by atoms with Crippen LogP contribution in [0.15, 0.2) is 54.6 Å². The second-order valence-electron chi connectivity index (χ2n) is 7.71. The van der Waals surface area contributed by atoms with Gasteiger partial charge in [0.1, 0.15) is 6.61 Å². The average Bonchev–Trinajstić information content (AvgIpc) is 2.85. The van der Waals surface area contributed by atoms with Crippen LogP contribution in [0.5, 0.6) is 0 Å². The lowest BCUT2D eigenvalue weighted by molar-refractivity contribution is -0.133. The highest BCUT2D eigenvalue weighted by Crippen LogP contribution is 2.19. The first-order valence-corrected chi connectivity index (χ1v) is 11.4. The molecule has 1 aliphatic heterocycles. The Bertz CT molecular complexity index is 916. The third-order valence-electron chi connectivity index (χ3n) is 5.32. The summed E-state index contributed by atoms with van der Waals surface area (Å²) in [5, 5.41) is 5.97. The Morgan fingerprint density at radius 2 is 1.61 bits per heavy atom. The third kappa shape index (κ3) is 8.31. The summed E-state index contributed by atoms with van der Waals surface area (Å²) in [5.41, 5.74) is 1.99. The summed E-state index contributed by atoms with van der Waals surface area (Å²) >= 11 is 5.93. The minimum atomic E-state index is -0.521. The van der Waals surface area contributed by atoms with E-state index in [2.05, 4.69) is 15.5 Å². The Hall–Kier alpha value is -3.26. The number of nitrogens with one attached hydrogen (secondary N) is 2. The number of halogens is 1. The molecular formula is C24H29ClN4O4. The topological polar surface area (TPSA) is 91.0 Å². The molecule has 1 aliphatic rings. The molecule has 176 valence electrons. The van der Waals surface area contributed by atoms with E-state index in [1.54, 1.807) is 4.90 Å². The molecule has 3 amide bonds. The van der Waals surface area contributed by atoms with Gasteiger partial charge in [-0.3, -0.25) is 9.59 Å². The lowest BCUT2D eigenvalue weighted by Gasteiger charge is -2.36. The van der Waals surface area contributed by atoms with Crippen molar-refractivity contribution in [3.05, 3.63) is 65.2 Å². The predicted molar refractivity (Wildman–Crippen MR) is 127 cm³/mol. The second kappa shape index (κ2) is 12.7. The van der Waals surface area contributed by atoms with E-state index in [1.807, 2.05) is 54.6 Å². The van der Waals surface area contributed by atoms with Gasteiger partial charge in [0.05, 0.1) is 6.54 Å². The molecule has 3 rings (SSSR count). The monoisotopic (exact) mass is 472 g/mol. The number of rotatable bonds is 9. The van der Waals surface area contributed by atoms with Crippen LogP contribution >= 0.6 is 11.6 Å². The van der Waals surface area contributed by atoms with E-state index >= 15 is 0 Å². The zero-order valence-electron chi connectivity index (χ0n) is 18.5. The molecule has 0 saturated carbocycles. The van der Waals surface area contributed by atoms with Crippen molar-refractivity contribution in [1.29, 1.82) is 0 Å². The van der Waals surface area contributed by atoms with Crippen molar-refractivity contribution >= 4 is 35.2 Å². The van der Waals surface area contributed by atoms with Gasteiger partial charge in [0.25, 0.3) is 0 Å². The largest absolute Gasteiger partial charge is 0.445 e. The van der Waals surface area contributed by atoms with E-state index in [1.165, 1.54) is 0 Å². The Kier molecular flexibility index (Phi) is 9.38. The maximum absolute atomic E-state index is 12.4. The van der Waals surface area contributed by atoms with Crippen molar-refractivity contribution in [3.63, 3.8) is 0 Å². The smallest absolute Gasteiger partial charge is 0.407 e. The van der Waals surface area contributed by atoms with Crippen LogP contribution in [-0.4, -0.2) is 62.1 Å². The fourth-order valence-electron chi connectivity index (χ4n) is 3.45. The Balaban J connectivity index is 1.24. The van der Waals surface area contributed by atoms with E-state index in [9.17, 15) is 14.4 Å². The molecule has 0 aromatic heterocycles. The number of benzene rings is 2. The molecule has 0 unspecified atom stereocenters. The van der Waals surface area contributed by atoms with Gasteiger partial charge in [-0.15, -0.1) is 0 Å². The van der Waals surface area contributed by atoms with Crippen LogP contribution in [0.1, 0.15) is 18.4 Å². The molecule has 1 heterocycles. The van der Waals surface area contributed by atoms with Crippen LogP contribution in [0.25, 0.3) is 0 Å². The highest BCUT2D eigenvalue weighted by atomic mass is 35.5. The normalized spacial score (nSPS) is 13.4. The molecule has 1 saturated heterocycles. The van der Waals surface area contributed by atoms with Gasteiger partial charge in [-0.2, -0.15) is 0 Å². The highest BCUT2D eigenvalue weighted by Gasteiger charge is 2.21. The third-order valence-corrected chi connectivity index (χ3v) is 5.58. The Morgan fingerprint density at radius 3 is 2.30 bits per heavy atom. The van der Waals surface area contributed by atoms with Crippen molar-refractivity contribution in [1.82, 2.24) is 15.5 Å². The van der Waals surface area contributed by atoms with E-state index in [0.717, 1.165) is 24.3 Å². The van der Waals surface area contributed by atoms with E-state index < -0.39 is 6.09 Å². The second-order valence-corrected chi connectivity index (χ2v) is 8.15. The van der Waals surface area contributed by atoms with Crippen LogP contribution in [0.4, 0.5) is 10.5 Å². The van der Waals surface area contributed by atoms with E-state index in [4.69, 9.17) is 16.3 Å². The number of ether oxygens (including phenoxy) is 1. The summed E-state index contributed by atoms with van der Waals surface area (Å²) in [6.07, 6.45) is 0.156. The summed E-state index contributed by atoms with van der Waals surface area (Å²) in [4.78, 5) is 40.1. The van der Waals surface area contributed by atoms with Gasteiger partial charge in [-0.1, -0.05) is 41.9 Å². The maximum Gasteiger partial charge on any atom is 0.407 e. The van der Waals surface area contributed by atoms with Gasteiger partial charge < -0.3 is 25.2 Å². The molecule has 0 atom stereocenters. The molecule has 2 N–H and O–H groups in total. The van der Waals surface area contributed by atoms with Gasteiger partial charge in [-0.25, -0.2) is 4.79 Å². The van der Waals surface area contributed by atoms with Gasteiger partial charge in [0.15, 0.2) is 0 Å². The van der Waals surface area contributed by atoms with Crippen molar-refractivity contribution < 1.29 is 19.1 Å². The first-order valence-electron chi connectivity index (χ1n) is 11.0.